The molecule has 0 aromatic carbocycles. The van der Waals surface area contributed by atoms with Gasteiger partial charge in [0.1, 0.15) is 0 Å². The molecule has 0 unspecified atom stereocenters. The molecule has 0 aliphatic heterocycles. The van der Waals surface area contributed by atoms with E-state index in [2.05, 4.69) is 13.2 Å². The minimum atomic E-state index is -1.00. The normalized spacial score (nSPS) is 9.91. The van der Waals surface area contributed by atoms with Gasteiger partial charge in [-0.2, -0.15) is 0 Å². The zero-order chi connectivity index (χ0) is 8.85. The first kappa shape index (κ1) is 10.0. The first-order chi connectivity index (χ1) is 5.07. The molecule has 0 radical (unpaired) electrons. The van der Waals surface area contributed by atoms with Crippen LogP contribution in [0.1, 0.15) is 0 Å². The van der Waals surface area contributed by atoms with Gasteiger partial charge in [0.15, 0.2) is 0 Å². The second-order valence-electron chi connectivity index (χ2n) is 1.83. The van der Waals surface area contributed by atoms with E-state index in [1.165, 1.54) is 17.8 Å². The molecule has 0 saturated heterocycles. The number of carbonyl (C=O) groups is 1. The van der Waals surface area contributed by atoms with Crippen LogP contribution in [0, 0.1) is 0 Å². The van der Waals surface area contributed by atoms with Gasteiger partial charge in [0.2, 0.25) is 0 Å². The molecule has 0 spiro atoms. The molecule has 60 valence electrons. The van der Waals surface area contributed by atoms with Gasteiger partial charge in [-0.05, 0) is 23.3 Å². The van der Waals surface area contributed by atoms with Crippen LogP contribution >= 0.6 is 11.8 Å². The molecule has 11 heavy (non-hydrogen) atoms. The third-order valence-electron chi connectivity index (χ3n) is 1.01. The molecular weight excluding hydrogens is 160 g/mol. The number of hydrogen-bond donors (Lipinski definition) is 1. The van der Waals surface area contributed by atoms with Gasteiger partial charge in [0.25, 0.3) is 0 Å². The molecule has 0 saturated carbocycles. The molecule has 0 atom stereocenters. The number of aliphatic carboxylic acids is 1. The van der Waals surface area contributed by atoms with Crippen LogP contribution < -0.4 is 0 Å². The van der Waals surface area contributed by atoms with E-state index in [-0.39, 0.29) is 5.57 Å². The Hall–Kier alpha value is -0.960. The zero-order valence-corrected chi connectivity index (χ0v) is 7.15. The van der Waals surface area contributed by atoms with Crippen molar-refractivity contribution in [3.8, 4) is 0 Å². The van der Waals surface area contributed by atoms with Crippen molar-refractivity contribution in [2.24, 2.45) is 0 Å². The molecule has 0 aliphatic rings. The van der Waals surface area contributed by atoms with Gasteiger partial charge in [0, 0.05) is 0 Å². The Morgan fingerprint density at radius 3 is 2.36 bits per heavy atom. The summed E-state index contributed by atoms with van der Waals surface area (Å²) in [6, 6.07) is 0. The lowest BCUT2D eigenvalue weighted by Crippen LogP contribution is -1.94. The fourth-order valence-corrected chi connectivity index (χ4v) is 0.537. The average Bonchev–Trinajstić information content (AvgIpc) is 1.99. The number of thioether (sulfide) groups is 1. The predicted octanol–water partition coefficient (Wildman–Crippen LogP) is 2.06. The first-order valence-corrected chi connectivity index (χ1v) is 4.13. The van der Waals surface area contributed by atoms with Crippen LogP contribution in [0.4, 0.5) is 0 Å². The monoisotopic (exact) mass is 170 g/mol. The van der Waals surface area contributed by atoms with Crippen molar-refractivity contribution >= 4 is 17.7 Å². The predicted molar refractivity (Wildman–Crippen MR) is 48.6 cm³/mol. The van der Waals surface area contributed by atoms with Gasteiger partial charge < -0.3 is 5.11 Å². The highest BCUT2D eigenvalue weighted by Gasteiger charge is 1.96. The second kappa shape index (κ2) is 4.79. The quantitative estimate of drug-likeness (QED) is 0.518. The SMILES string of the molecule is C=C(/C=C\C(=C)C(=O)O)SC. The summed E-state index contributed by atoms with van der Waals surface area (Å²) in [7, 11) is 0. The van der Waals surface area contributed by atoms with Gasteiger partial charge in [-0.3, -0.25) is 0 Å². The number of allylic oxidation sites excluding steroid dienone is 1. The summed E-state index contributed by atoms with van der Waals surface area (Å²) in [5.74, 6) is -1.00. The van der Waals surface area contributed by atoms with Crippen molar-refractivity contribution < 1.29 is 9.90 Å². The largest absolute Gasteiger partial charge is 0.478 e. The molecule has 0 aliphatic carbocycles. The molecule has 0 rings (SSSR count). The molecule has 2 nitrogen and oxygen atoms in total. The molecule has 0 amide bonds. The molecule has 0 heterocycles. The lowest BCUT2D eigenvalue weighted by atomic mass is 10.3. The van der Waals surface area contributed by atoms with E-state index in [4.69, 9.17) is 5.11 Å². The van der Waals surface area contributed by atoms with Crippen LogP contribution in [0.3, 0.4) is 0 Å². The van der Waals surface area contributed by atoms with E-state index in [9.17, 15) is 4.79 Å². The van der Waals surface area contributed by atoms with E-state index in [0.29, 0.717) is 0 Å². The third kappa shape index (κ3) is 4.44. The van der Waals surface area contributed by atoms with Gasteiger partial charge in [0.05, 0.1) is 5.57 Å². The first-order valence-electron chi connectivity index (χ1n) is 2.91. The zero-order valence-electron chi connectivity index (χ0n) is 6.33. The molecule has 0 bridgehead atoms. The minimum absolute atomic E-state index is 0.0696. The lowest BCUT2D eigenvalue weighted by Gasteiger charge is -1.91. The maximum absolute atomic E-state index is 10.2. The molecule has 1 N–H and O–H groups in total. The summed E-state index contributed by atoms with van der Waals surface area (Å²) in [6.45, 7) is 6.97. The third-order valence-corrected chi connectivity index (χ3v) is 1.67. The van der Waals surface area contributed by atoms with Crippen LogP contribution in [-0.2, 0) is 4.79 Å². The molecule has 3 heteroatoms. The van der Waals surface area contributed by atoms with E-state index in [1.54, 1.807) is 6.08 Å². The van der Waals surface area contributed by atoms with Crippen molar-refractivity contribution in [3.63, 3.8) is 0 Å². The summed E-state index contributed by atoms with van der Waals surface area (Å²) in [6.07, 6.45) is 4.93. The average molecular weight is 170 g/mol. The fraction of sp³-hybridized carbons (Fsp3) is 0.125. The van der Waals surface area contributed by atoms with Gasteiger partial charge in [-0.25, -0.2) is 4.79 Å². The summed E-state index contributed by atoms with van der Waals surface area (Å²) in [5, 5.41) is 8.38. The van der Waals surface area contributed by atoms with E-state index in [1.807, 2.05) is 6.26 Å². The Balaban J connectivity index is 4.04. The topological polar surface area (TPSA) is 37.3 Å². The Labute approximate surface area is 70.3 Å². The van der Waals surface area contributed by atoms with E-state index < -0.39 is 5.97 Å². The second-order valence-corrected chi connectivity index (χ2v) is 2.77. The summed E-state index contributed by atoms with van der Waals surface area (Å²) in [4.78, 5) is 11.0. The highest BCUT2D eigenvalue weighted by Crippen LogP contribution is 2.10. The standard InChI is InChI=1S/C8H10O2S/c1-6(8(9)10)4-5-7(2)11-3/h4-5H,1-2H2,3H3,(H,9,10)/b5-4-. The van der Waals surface area contributed by atoms with Crippen LogP contribution in [0.25, 0.3) is 0 Å². The van der Waals surface area contributed by atoms with Crippen molar-refractivity contribution in [1.29, 1.82) is 0 Å². The fourth-order valence-electron chi connectivity index (χ4n) is 0.333. The molecular formula is C8H10O2S. The Kier molecular flexibility index (Phi) is 4.38. The number of carboxylic acids is 1. The van der Waals surface area contributed by atoms with Crippen molar-refractivity contribution in [2.75, 3.05) is 6.26 Å². The summed E-state index contributed by atoms with van der Waals surface area (Å²) in [5.41, 5.74) is 0.0696. The van der Waals surface area contributed by atoms with E-state index in [0.717, 1.165) is 4.91 Å². The highest BCUT2D eigenvalue weighted by molar-refractivity contribution is 8.02. The Morgan fingerprint density at radius 2 is 2.00 bits per heavy atom. The summed E-state index contributed by atoms with van der Waals surface area (Å²) >= 11 is 1.46. The molecule has 0 aromatic rings. The van der Waals surface area contributed by atoms with Crippen LogP contribution in [0.2, 0.25) is 0 Å². The highest BCUT2D eigenvalue weighted by atomic mass is 32.2. The maximum Gasteiger partial charge on any atom is 0.335 e. The smallest absolute Gasteiger partial charge is 0.335 e. The number of rotatable bonds is 4. The van der Waals surface area contributed by atoms with Crippen molar-refractivity contribution in [1.82, 2.24) is 0 Å². The number of hydrogen-bond acceptors (Lipinski definition) is 2. The Bertz CT molecular complexity index is 216. The van der Waals surface area contributed by atoms with Crippen molar-refractivity contribution in [2.45, 2.75) is 0 Å². The van der Waals surface area contributed by atoms with Gasteiger partial charge in [-0.1, -0.05) is 13.2 Å². The van der Waals surface area contributed by atoms with Crippen LogP contribution in [0.5, 0.6) is 0 Å². The number of carboxylic acid groups (broad SMARTS) is 1. The maximum atomic E-state index is 10.2. The lowest BCUT2D eigenvalue weighted by molar-refractivity contribution is -0.132. The molecule has 0 aromatic heterocycles. The van der Waals surface area contributed by atoms with Gasteiger partial charge >= 0.3 is 5.97 Å². The van der Waals surface area contributed by atoms with Gasteiger partial charge in [-0.15, -0.1) is 11.8 Å². The van der Waals surface area contributed by atoms with Crippen molar-refractivity contribution in [3.05, 3.63) is 35.8 Å². The Morgan fingerprint density at radius 1 is 1.45 bits per heavy atom. The van der Waals surface area contributed by atoms with Crippen LogP contribution in [-0.4, -0.2) is 17.3 Å². The molecule has 0 fully saturated rings. The minimum Gasteiger partial charge on any atom is -0.478 e. The van der Waals surface area contributed by atoms with E-state index >= 15 is 0 Å². The van der Waals surface area contributed by atoms with Crippen LogP contribution in [0.15, 0.2) is 35.8 Å². The summed E-state index contributed by atoms with van der Waals surface area (Å²) < 4.78 is 0.